The molecule has 0 saturated heterocycles. The lowest BCUT2D eigenvalue weighted by molar-refractivity contribution is 0.288. The van der Waals surface area contributed by atoms with Crippen molar-refractivity contribution in [2.45, 2.75) is 47.5 Å². The molecule has 84 valence electrons. The van der Waals surface area contributed by atoms with Crippen LogP contribution in [0.2, 0.25) is 0 Å². The predicted molar refractivity (Wildman–Crippen MR) is 65.5 cm³/mol. The molecule has 1 aromatic carbocycles. The Morgan fingerprint density at radius 3 is 1.53 bits per heavy atom. The molecule has 1 aromatic rings. The highest BCUT2D eigenvalue weighted by atomic mass is 16.2. The maximum Gasteiger partial charge on any atom is 0.0434 e. The lowest BCUT2D eigenvalue weighted by Crippen LogP contribution is -2.03. The van der Waals surface area contributed by atoms with E-state index in [1.54, 1.807) is 0 Å². The smallest absolute Gasteiger partial charge is 0.0434 e. The summed E-state index contributed by atoms with van der Waals surface area (Å²) in [5, 5.41) is 8.90. The monoisotopic (exact) mass is 206 g/mol. The molecule has 1 nitrogen and oxygen atoms in total. The van der Waals surface area contributed by atoms with E-state index in [1.807, 2.05) is 0 Å². The Kier molecular flexibility index (Phi) is 3.92. The van der Waals surface area contributed by atoms with Gasteiger partial charge in [0.1, 0.15) is 0 Å². The van der Waals surface area contributed by atoms with Gasteiger partial charge in [0.2, 0.25) is 0 Å². The van der Waals surface area contributed by atoms with Crippen molar-refractivity contribution in [3.05, 3.63) is 33.4 Å². The van der Waals surface area contributed by atoms with Gasteiger partial charge in [-0.2, -0.15) is 0 Å². The van der Waals surface area contributed by atoms with Gasteiger partial charge in [0.25, 0.3) is 0 Å². The van der Waals surface area contributed by atoms with Crippen LogP contribution < -0.4 is 0 Å². The van der Waals surface area contributed by atoms with Gasteiger partial charge >= 0.3 is 0 Å². The van der Waals surface area contributed by atoms with Crippen LogP contribution in [0.1, 0.15) is 39.8 Å². The second-order valence-electron chi connectivity index (χ2n) is 4.43. The number of rotatable bonds is 3. The molecule has 0 atom stereocenters. The van der Waals surface area contributed by atoms with Crippen molar-refractivity contribution in [3.63, 3.8) is 0 Å². The third kappa shape index (κ3) is 2.23. The molecule has 1 N–H and O–H groups in total. The fourth-order valence-electron chi connectivity index (χ4n) is 2.21. The standard InChI is InChI=1S/C14H22O/c1-9-10(2)12(4)14(7-6-8-15)13(5)11(9)3/h15H,6-8H2,1-5H3. The maximum atomic E-state index is 8.90. The third-order valence-corrected chi connectivity index (χ3v) is 3.74. The molecular formula is C14H22O. The molecule has 0 saturated carbocycles. The molecule has 0 heterocycles. The normalized spacial score (nSPS) is 10.8. The number of aliphatic hydroxyl groups excluding tert-OH is 1. The summed E-state index contributed by atoms with van der Waals surface area (Å²) in [5.41, 5.74) is 8.48. The molecule has 0 aromatic heterocycles. The van der Waals surface area contributed by atoms with Gasteiger partial charge in [-0.1, -0.05) is 0 Å². The Bertz CT molecular complexity index is 335. The molecule has 0 bridgehead atoms. The summed E-state index contributed by atoms with van der Waals surface area (Å²) < 4.78 is 0. The van der Waals surface area contributed by atoms with Crippen LogP contribution in [0.5, 0.6) is 0 Å². The van der Waals surface area contributed by atoms with Gasteiger partial charge in [-0.05, 0) is 80.8 Å². The minimum absolute atomic E-state index is 0.283. The minimum Gasteiger partial charge on any atom is -0.396 e. The summed E-state index contributed by atoms with van der Waals surface area (Å²) in [6.07, 6.45) is 1.86. The van der Waals surface area contributed by atoms with Crippen LogP contribution in [0.25, 0.3) is 0 Å². The Labute approximate surface area is 93.1 Å². The number of benzene rings is 1. The van der Waals surface area contributed by atoms with E-state index < -0.39 is 0 Å². The predicted octanol–water partition coefficient (Wildman–Crippen LogP) is 3.15. The van der Waals surface area contributed by atoms with E-state index in [9.17, 15) is 0 Å². The van der Waals surface area contributed by atoms with E-state index >= 15 is 0 Å². The van der Waals surface area contributed by atoms with Crippen LogP contribution in [-0.4, -0.2) is 11.7 Å². The van der Waals surface area contributed by atoms with Gasteiger partial charge < -0.3 is 5.11 Å². The van der Waals surface area contributed by atoms with Gasteiger partial charge in [0.15, 0.2) is 0 Å². The average Bonchev–Trinajstić information content (AvgIpc) is 2.24. The van der Waals surface area contributed by atoms with Crippen LogP contribution in [0.3, 0.4) is 0 Å². The van der Waals surface area contributed by atoms with Gasteiger partial charge in [-0.25, -0.2) is 0 Å². The molecular weight excluding hydrogens is 184 g/mol. The Morgan fingerprint density at radius 1 is 0.733 bits per heavy atom. The number of aliphatic hydroxyl groups is 1. The van der Waals surface area contributed by atoms with Crippen molar-refractivity contribution in [1.29, 1.82) is 0 Å². The summed E-state index contributed by atoms with van der Waals surface area (Å²) in [4.78, 5) is 0. The van der Waals surface area contributed by atoms with Crippen molar-refractivity contribution in [3.8, 4) is 0 Å². The second kappa shape index (κ2) is 4.80. The molecule has 1 rings (SSSR count). The van der Waals surface area contributed by atoms with Gasteiger partial charge in [0, 0.05) is 6.61 Å². The van der Waals surface area contributed by atoms with Crippen molar-refractivity contribution >= 4 is 0 Å². The zero-order valence-electron chi connectivity index (χ0n) is 10.6. The van der Waals surface area contributed by atoms with E-state index in [-0.39, 0.29) is 6.61 Å². The molecule has 15 heavy (non-hydrogen) atoms. The lowest BCUT2D eigenvalue weighted by atomic mass is 9.88. The van der Waals surface area contributed by atoms with Crippen LogP contribution in [0.15, 0.2) is 0 Å². The first kappa shape index (κ1) is 12.3. The third-order valence-electron chi connectivity index (χ3n) is 3.74. The lowest BCUT2D eigenvalue weighted by Gasteiger charge is -2.18. The molecule has 0 aliphatic carbocycles. The number of hydrogen-bond donors (Lipinski definition) is 1. The van der Waals surface area contributed by atoms with E-state index in [0.29, 0.717) is 0 Å². The highest BCUT2D eigenvalue weighted by Gasteiger charge is 2.11. The first-order valence-electron chi connectivity index (χ1n) is 5.67. The number of hydrogen-bond acceptors (Lipinski definition) is 1. The van der Waals surface area contributed by atoms with E-state index in [4.69, 9.17) is 5.11 Å². The van der Waals surface area contributed by atoms with Gasteiger partial charge in [0.05, 0.1) is 0 Å². The molecule has 1 heteroatoms. The molecule has 0 spiro atoms. The largest absolute Gasteiger partial charge is 0.396 e. The summed E-state index contributed by atoms with van der Waals surface area (Å²) >= 11 is 0. The highest BCUT2D eigenvalue weighted by molar-refractivity contribution is 5.49. The Hall–Kier alpha value is -0.820. The first-order chi connectivity index (χ1) is 7.00. The zero-order valence-corrected chi connectivity index (χ0v) is 10.6. The first-order valence-corrected chi connectivity index (χ1v) is 5.67. The summed E-state index contributed by atoms with van der Waals surface area (Å²) in [6, 6.07) is 0. The van der Waals surface area contributed by atoms with E-state index in [0.717, 1.165) is 12.8 Å². The van der Waals surface area contributed by atoms with Crippen molar-refractivity contribution in [1.82, 2.24) is 0 Å². The quantitative estimate of drug-likeness (QED) is 0.805. The summed E-state index contributed by atoms with van der Waals surface area (Å²) in [7, 11) is 0. The van der Waals surface area contributed by atoms with Gasteiger partial charge in [-0.3, -0.25) is 0 Å². The molecule has 0 unspecified atom stereocenters. The van der Waals surface area contributed by atoms with Crippen LogP contribution in [-0.2, 0) is 6.42 Å². The Balaban J connectivity index is 3.26. The average molecular weight is 206 g/mol. The van der Waals surface area contributed by atoms with E-state index in [2.05, 4.69) is 34.6 Å². The van der Waals surface area contributed by atoms with Gasteiger partial charge in [-0.15, -0.1) is 0 Å². The molecule has 0 amide bonds. The fourth-order valence-corrected chi connectivity index (χ4v) is 2.21. The molecule has 0 fully saturated rings. The van der Waals surface area contributed by atoms with Crippen molar-refractivity contribution in [2.75, 3.05) is 6.61 Å². The van der Waals surface area contributed by atoms with Crippen molar-refractivity contribution < 1.29 is 5.11 Å². The summed E-state index contributed by atoms with van der Waals surface area (Å²) in [6.45, 7) is 11.3. The maximum absolute atomic E-state index is 8.90. The molecule has 0 radical (unpaired) electrons. The van der Waals surface area contributed by atoms with Crippen molar-refractivity contribution in [2.24, 2.45) is 0 Å². The molecule has 0 aliphatic heterocycles. The minimum atomic E-state index is 0.283. The molecule has 0 aliphatic rings. The highest BCUT2D eigenvalue weighted by Crippen LogP contribution is 2.26. The van der Waals surface area contributed by atoms with E-state index in [1.165, 1.54) is 33.4 Å². The SMILES string of the molecule is Cc1c(C)c(C)c(CCCO)c(C)c1C. The van der Waals surface area contributed by atoms with Crippen LogP contribution in [0.4, 0.5) is 0 Å². The Morgan fingerprint density at radius 2 is 1.13 bits per heavy atom. The second-order valence-corrected chi connectivity index (χ2v) is 4.43. The topological polar surface area (TPSA) is 20.2 Å². The zero-order chi connectivity index (χ0) is 11.6. The van der Waals surface area contributed by atoms with Crippen LogP contribution >= 0.6 is 0 Å². The summed E-state index contributed by atoms with van der Waals surface area (Å²) in [5.74, 6) is 0. The van der Waals surface area contributed by atoms with Crippen LogP contribution in [0, 0.1) is 34.6 Å². The fraction of sp³-hybridized carbons (Fsp3) is 0.571.